The predicted molar refractivity (Wildman–Crippen MR) is 27.1 cm³/mol. The summed E-state index contributed by atoms with van der Waals surface area (Å²) in [7, 11) is 0. The summed E-state index contributed by atoms with van der Waals surface area (Å²) in [4.78, 5) is 0. The van der Waals surface area contributed by atoms with Crippen LogP contribution in [0.15, 0.2) is 0 Å². The molecule has 1 saturated carbocycles. The van der Waals surface area contributed by atoms with Crippen LogP contribution in [0.25, 0.3) is 0 Å². The summed E-state index contributed by atoms with van der Waals surface area (Å²) >= 11 is 0. The summed E-state index contributed by atoms with van der Waals surface area (Å²) < 4.78 is 79.3. The van der Waals surface area contributed by atoms with Gasteiger partial charge in [-0.05, 0) is 12.7 Å². The number of ether oxygens (including phenoxy) is 1. The van der Waals surface area contributed by atoms with E-state index in [2.05, 4.69) is 4.74 Å². The normalized spacial score (nSPS) is 119. The van der Waals surface area contributed by atoms with Crippen molar-refractivity contribution in [2.24, 2.45) is 0 Å². The highest BCUT2D eigenvalue weighted by atomic mass is 16.6. The van der Waals surface area contributed by atoms with E-state index in [-0.39, 0.29) is 0 Å². The maximum absolute atomic E-state index is 7.56. The van der Waals surface area contributed by atoms with Crippen molar-refractivity contribution >= 4 is 0 Å². The van der Waals surface area contributed by atoms with Gasteiger partial charge in [0.1, 0.15) is 0 Å². The molecule has 2 aliphatic rings. The molecule has 1 nitrogen and oxygen atoms in total. The van der Waals surface area contributed by atoms with Gasteiger partial charge in [-0.1, -0.05) is 12.7 Å². The van der Waals surface area contributed by atoms with Crippen molar-refractivity contribution in [3.63, 3.8) is 0 Å². The zero-order valence-electron chi connectivity index (χ0n) is 13.4. The van der Waals surface area contributed by atoms with Crippen molar-refractivity contribution < 1.29 is 18.4 Å². The standard InChI is InChI=1S/C6H10O/c1-2-4-6-5(3-1)7-6/h5-6H,1-4H2/t5-,6+/i1D2,2D2,3D2,4D2,5D,6D. The van der Waals surface area contributed by atoms with E-state index in [9.17, 15) is 0 Å². The minimum Gasteiger partial charge on any atom is -0.370 e. The van der Waals surface area contributed by atoms with Gasteiger partial charge >= 0.3 is 0 Å². The zero-order chi connectivity index (χ0) is 13.7. The van der Waals surface area contributed by atoms with Crippen LogP contribution in [0.3, 0.4) is 0 Å². The molecule has 2 atom stereocenters. The highest BCUT2D eigenvalue weighted by Crippen LogP contribution is 2.35. The average Bonchev–Trinajstić information content (AvgIpc) is 2.71. The quantitative estimate of drug-likeness (QED) is 0.426. The van der Waals surface area contributed by atoms with E-state index in [4.69, 9.17) is 13.7 Å². The van der Waals surface area contributed by atoms with Crippen molar-refractivity contribution in [1.82, 2.24) is 0 Å². The highest BCUT2D eigenvalue weighted by Gasteiger charge is 2.39. The Balaban J connectivity index is 2.71. The molecule has 0 bridgehead atoms. The first-order chi connectivity index (χ1) is 7.21. The molecule has 0 amide bonds. The van der Waals surface area contributed by atoms with Crippen LogP contribution >= 0.6 is 0 Å². The van der Waals surface area contributed by atoms with Gasteiger partial charge in [0.25, 0.3) is 0 Å². The maximum Gasteiger partial charge on any atom is 0.0841 e. The smallest absolute Gasteiger partial charge is 0.0841 e. The van der Waals surface area contributed by atoms with Crippen LogP contribution < -0.4 is 0 Å². The first kappa shape index (κ1) is 0.766. The van der Waals surface area contributed by atoms with Crippen molar-refractivity contribution in [2.75, 3.05) is 0 Å². The predicted octanol–water partition coefficient (Wildman–Crippen LogP) is 1.33. The fourth-order valence-electron chi connectivity index (χ4n) is 0.417. The molecule has 1 saturated heterocycles. The Labute approximate surface area is 57.7 Å². The number of hydrogen-bond acceptors (Lipinski definition) is 1. The second kappa shape index (κ2) is 1.22. The zero-order valence-corrected chi connectivity index (χ0v) is 3.41. The summed E-state index contributed by atoms with van der Waals surface area (Å²) in [5, 5.41) is 0. The average molecular weight is 108 g/mol. The molecule has 0 N–H and O–H groups in total. The third-order valence-corrected chi connectivity index (χ3v) is 0.783. The fraction of sp³-hybridized carbons (Fsp3) is 1.00. The molecule has 0 radical (unpaired) electrons. The van der Waals surface area contributed by atoms with Crippen LogP contribution in [0.2, 0.25) is 0 Å². The van der Waals surface area contributed by atoms with Crippen molar-refractivity contribution in [3.05, 3.63) is 0 Å². The number of hydrogen-bond donors (Lipinski definition) is 0. The van der Waals surface area contributed by atoms with Gasteiger partial charge < -0.3 is 4.74 Å². The number of fused-ring (bicyclic) bond motifs is 1. The Morgan fingerprint density at radius 2 is 2.00 bits per heavy atom. The first-order valence-electron chi connectivity index (χ1n) is 6.91. The van der Waals surface area contributed by atoms with Gasteiger partial charge in [-0.2, -0.15) is 0 Å². The van der Waals surface area contributed by atoms with Gasteiger partial charge in [0.2, 0.25) is 0 Å². The summed E-state index contributed by atoms with van der Waals surface area (Å²) in [6, 6.07) is 0. The van der Waals surface area contributed by atoms with Gasteiger partial charge in [-0.25, -0.2) is 0 Å². The van der Waals surface area contributed by atoms with E-state index in [1.54, 1.807) is 0 Å². The van der Waals surface area contributed by atoms with Crippen LogP contribution in [0.4, 0.5) is 0 Å². The number of rotatable bonds is 0. The number of epoxide rings is 1. The Kier molecular flexibility index (Phi) is 0.134. The summed E-state index contributed by atoms with van der Waals surface area (Å²) in [6.45, 7) is 0. The topological polar surface area (TPSA) is 12.5 Å². The summed E-state index contributed by atoms with van der Waals surface area (Å²) in [5.74, 6) is 0. The maximum atomic E-state index is 7.56. The van der Waals surface area contributed by atoms with E-state index < -0.39 is 37.7 Å². The lowest BCUT2D eigenvalue weighted by atomic mass is 10.0. The molecular formula is C6H10O. The lowest BCUT2D eigenvalue weighted by Gasteiger charge is -2.00. The summed E-state index contributed by atoms with van der Waals surface area (Å²) in [6.07, 6.45) is -18.3. The molecule has 1 heterocycles. The molecular weight excluding hydrogens is 88.1 g/mol. The van der Waals surface area contributed by atoms with Crippen molar-refractivity contribution in [2.45, 2.75) is 37.7 Å². The van der Waals surface area contributed by atoms with Crippen LogP contribution in [0, 0.1) is 0 Å². The second-order valence-electron chi connectivity index (χ2n) is 1.26. The van der Waals surface area contributed by atoms with E-state index in [0.717, 1.165) is 0 Å². The highest BCUT2D eigenvalue weighted by molar-refractivity contribution is 4.87. The molecule has 0 aromatic rings. The molecule has 2 fully saturated rings. The molecule has 0 aromatic heterocycles. The molecule has 0 unspecified atom stereocenters. The fourth-order valence-corrected chi connectivity index (χ4v) is 0.417. The SMILES string of the molecule is [2H]C1([2H])C([2H])([2H])C([2H])([2H])[C@@]2([2H])O[C@@]2([2H])C1([2H])[2H]. The lowest BCUT2D eigenvalue weighted by Crippen LogP contribution is -2.00. The minimum absolute atomic E-state index is 2.74. The van der Waals surface area contributed by atoms with Crippen LogP contribution in [0.5, 0.6) is 0 Å². The Morgan fingerprint density at radius 1 is 1.43 bits per heavy atom. The van der Waals surface area contributed by atoms with Crippen molar-refractivity contribution in [3.8, 4) is 0 Å². The second-order valence-corrected chi connectivity index (χ2v) is 1.26. The summed E-state index contributed by atoms with van der Waals surface area (Å²) in [5.41, 5.74) is 0. The first-order valence-corrected chi connectivity index (χ1v) is 1.91. The Bertz CT molecular complexity index is 354. The molecule has 7 heavy (non-hydrogen) atoms. The molecule has 0 spiro atoms. The molecule has 1 aliphatic carbocycles. The Morgan fingerprint density at radius 3 is 2.57 bits per heavy atom. The third-order valence-electron chi connectivity index (χ3n) is 0.783. The van der Waals surface area contributed by atoms with Crippen molar-refractivity contribution in [1.29, 1.82) is 0 Å². The van der Waals surface area contributed by atoms with Gasteiger partial charge in [0, 0.05) is 11.0 Å². The van der Waals surface area contributed by atoms with E-state index in [0.29, 0.717) is 0 Å². The molecule has 40 valence electrons. The van der Waals surface area contributed by atoms with E-state index >= 15 is 0 Å². The van der Waals surface area contributed by atoms with Gasteiger partial charge in [-0.15, -0.1) is 0 Å². The van der Waals surface area contributed by atoms with Gasteiger partial charge in [0.15, 0.2) is 0 Å². The molecule has 1 aliphatic heterocycles. The van der Waals surface area contributed by atoms with Gasteiger partial charge in [0.05, 0.1) is 14.9 Å². The molecule has 0 aromatic carbocycles. The van der Waals surface area contributed by atoms with Crippen LogP contribution in [-0.4, -0.2) is 12.2 Å². The van der Waals surface area contributed by atoms with Crippen LogP contribution in [0.1, 0.15) is 39.2 Å². The van der Waals surface area contributed by atoms with E-state index in [1.807, 2.05) is 0 Å². The van der Waals surface area contributed by atoms with Crippen LogP contribution in [-0.2, 0) is 4.74 Å². The minimum atomic E-state index is -3.29. The monoisotopic (exact) mass is 108 g/mol. The molecule has 1 heteroatoms. The van der Waals surface area contributed by atoms with Gasteiger partial charge in [-0.3, -0.25) is 0 Å². The third kappa shape index (κ3) is 0.556. The largest absolute Gasteiger partial charge is 0.370 e. The Hall–Kier alpha value is -0.0400. The van der Waals surface area contributed by atoms with E-state index in [1.165, 1.54) is 0 Å². The lowest BCUT2D eigenvalue weighted by molar-refractivity contribution is 0.373. The molecule has 2 rings (SSSR count).